The standard InChI is InChI=1S/C10H11NO.2C2H6/c1-8-3-4-10(9(2)7-8)12-6-5-11;2*1-2/h3-4,7H,6H2,1-2H3;2*1-2H3. The van der Waals surface area contributed by atoms with Crippen molar-refractivity contribution in [3.05, 3.63) is 29.3 Å². The second-order valence-corrected chi connectivity index (χ2v) is 2.72. The van der Waals surface area contributed by atoms with Gasteiger partial charge in [-0.1, -0.05) is 45.4 Å². The first kappa shape index (κ1) is 16.9. The van der Waals surface area contributed by atoms with Gasteiger partial charge in [0.1, 0.15) is 11.8 Å². The van der Waals surface area contributed by atoms with Gasteiger partial charge in [-0.05, 0) is 25.5 Å². The van der Waals surface area contributed by atoms with Crippen LogP contribution in [0.2, 0.25) is 0 Å². The molecule has 0 saturated carbocycles. The molecular weight excluding hydrogens is 198 g/mol. The predicted molar refractivity (Wildman–Crippen MR) is 69.7 cm³/mol. The minimum Gasteiger partial charge on any atom is -0.478 e. The molecule has 2 heteroatoms. The summed E-state index contributed by atoms with van der Waals surface area (Å²) < 4.78 is 5.18. The van der Waals surface area contributed by atoms with Crippen LogP contribution in [0.5, 0.6) is 5.75 Å². The molecule has 0 heterocycles. The van der Waals surface area contributed by atoms with Crippen LogP contribution in [-0.4, -0.2) is 6.61 Å². The molecule has 16 heavy (non-hydrogen) atoms. The Labute approximate surface area is 99.9 Å². The summed E-state index contributed by atoms with van der Waals surface area (Å²) in [5.74, 6) is 0.794. The fourth-order valence-electron chi connectivity index (χ4n) is 1.07. The second kappa shape index (κ2) is 11.6. The van der Waals surface area contributed by atoms with Gasteiger partial charge in [0.25, 0.3) is 0 Å². The Bertz CT molecular complexity index is 313. The van der Waals surface area contributed by atoms with Gasteiger partial charge in [0.15, 0.2) is 6.61 Å². The third-order valence-electron chi connectivity index (χ3n) is 1.62. The van der Waals surface area contributed by atoms with E-state index < -0.39 is 0 Å². The van der Waals surface area contributed by atoms with Crippen LogP contribution in [-0.2, 0) is 0 Å². The van der Waals surface area contributed by atoms with Crippen LogP contribution < -0.4 is 4.74 Å². The van der Waals surface area contributed by atoms with Gasteiger partial charge in [-0.15, -0.1) is 0 Å². The van der Waals surface area contributed by atoms with Crippen LogP contribution in [0.3, 0.4) is 0 Å². The highest BCUT2D eigenvalue weighted by molar-refractivity contribution is 5.35. The van der Waals surface area contributed by atoms with Crippen molar-refractivity contribution in [2.75, 3.05) is 6.61 Å². The maximum atomic E-state index is 8.30. The van der Waals surface area contributed by atoms with Gasteiger partial charge in [0.2, 0.25) is 0 Å². The smallest absolute Gasteiger partial charge is 0.174 e. The first-order valence-electron chi connectivity index (χ1n) is 5.81. The molecule has 0 saturated heterocycles. The average molecular weight is 221 g/mol. The highest BCUT2D eigenvalue weighted by Crippen LogP contribution is 2.18. The maximum Gasteiger partial charge on any atom is 0.174 e. The van der Waals surface area contributed by atoms with Crippen molar-refractivity contribution in [1.29, 1.82) is 5.26 Å². The van der Waals surface area contributed by atoms with E-state index in [1.54, 1.807) is 0 Å². The van der Waals surface area contributed by atoms with Gasteiger partial charge >= 0.3 is 0 Å². The number of aryl methyl sites for hydroxylation is 2. The average Bonchev–Trinajstić information content (AvgIpc) is 2.33. The minimum absolute atomic E-state index is 0.115. The van der Waals surface area contributed by atoms with Crippen molar-refractivity contribution in [2.24, 2.45) is 0 Å². The molecule has 2 nitrogen and oxygen atoms in total. The highest BCUT2D eigenvalue weighted by Gasteiger charge is 1.97. The lowest BCUT2D eigenvalue weighted by Crippen LogP contribution is -1.95. The van der Waals surface area contributed by atoms with Crippen LogP contribution in [0.1, 0.15) is 38.8 Å². The summed E-state index contributed by atoms with van der Waals surface area (Å²) in [6.07, 6.45) is 0. The number of benzene rings is 1. The Balaban J connectivity index is 0. The molecule has 1 rings (SSSR count). The lowest BCUT2D eigenvalue weighted by molar-refractivity contribution is 0.365. The normalized spacial score (nSPS) is 7.56. The lowest BCUT2D eigenvalue weighted by Gasteiger charge is -2.05. The summed E-state index contributed by atoms with van der Waals surface area (Å²) in [5, 5.41) is 8.30. The van der Waals surface area contributed by atoms with Gasteiger partial charge in [0.05, 0.1) is 0 Å². The molecule has 0 radical (unpaired) electrons. The van der Waals surface area contributed by atoms with Crippen LogP contribution in [0, 0.1) is 25.2 Å². The van der Waals surface area contributed by atoms with Crippen LogP contribution in [0.4, 0.5) is 0 Å². The molecule has 0 aromatic heterocycles. The largest absolute Gasteiger partial charge is 0.478 e. The van der Waals surface area contributed by atoms with E-state index in [2.05, 4.69) is 0 Å². The van der Waals surface area contributed by atoms with Crippen molar-refractivity contribution in [3.63, 3.8) is 0 Å². The first-order valence-corrected chi connectivity index (χ1v) is 5.81. The van der Waals surface area contributed by atoms with E-state index in [9.17, 15) is 0 Å². The number of hydrogen-bond donors (Lipinski definition) is 0. The van der Waals surface area contributed by atoms with E-state index in [0.29, 0.717) is 0 Å². The van der Waals surface area contributed by atoms with Crippen molar-refractivity contribution in [1.82, 2.24) is 0 Å². The van der Waals surface area contributed by atoms with Crippen molar-refractivity contribution in [2.45, 2.75) is 41.5 Å². The molecule has 90 valence electrons. The first-order chi connectivity index (χ1) is 7.74. The van der Waals surface area contributed by atoms with Crippen molar-refractivity contribution < 1.29 is 4.74 Å². The monoisotopic (exact) mass is 221 g/mol. The number of rotatable bonds is 2. The topological polar surface area (TPSA) is 33.0 Å². The Kier molecular flexibility index (Phi) is 12.3. The summed E-state index contributed by atoms with van der Waals surface area (Å²) in [7, 11) is 0. The molecule has 0 aliphatic rings. The zero-order valence-corrected chi connectivity index (χ0v) is 11.3. The molecule has 0 unspecified atom stereocenters. The third kappa shape index (κ3) is 6.89. The van der Waals surface area contributed by atoms with E-state index in [4.69, 9.17) is 10.00 Å². The number of nitrogens with zero attached hydrogens (tertiary/aromatic N) is 1. The zero-order chi connectivity index (χ0) is 13.0. The summed E-state index contributed by atoms with van der Waals surface area (Å²) >= 11 is 0. The Morgan fingerprint density at radius 1 is 1.12 bits per heavy atom. The molecule has 0 N–H and O–H groups in total. The molecule has 1 aromatic carbocycles. The van der Waals surface area contributed by atoms with E-state index in [1.807, 2.05) is 65.8 Å². The van der Waals surface area contributed by atoms with Gasteiger partial charge in [-0.3, -0.25) is 0 Å². The van der Waals surface area contributed by atoms with Crippen molar-refractivity contribution in [3.8, 4) is 11.8 Å². The summed E-state index contributed by atoms with van der Waals surface area (Å²) in [6, 6.07) is 7.83. The molecule has 0 spiro atoms. The Morgan fingerprint density at radius 3 is 2.12 bits per heavy atom. The summed E-state index contributed by atoms with van der Waals surface area (Å²) in [4.78, 5) is 0. The minimum atomic E-state index is 0.115. The van der Waals surface area contributed by atoms with E-state index in [0.717, 1.165) is 11.3 Å². The van der Waals surface area contributed by atoms with Crippen molar-refractivity contribution >= 4 is 0 Å². The fraction of sp³-hybridized carbons (Fsp3) is 0.500. The number of hydrogen-bond acceptors (Lipinski definition) is 2. The van der Waals surface area contributed by atoms with E-state index >= 15 is 0 Å². The number of nitriles is 1. The molecule has 0 atom stereocenters. The van der Waals surface area contributed by atoms with Gasteiger partial charge < -0.3 is 4.74 Å². The second-order valence-electron chi connectivity index (χ2n) is 2.72. The Hall–Kier alpha value is -1.49. The molecule has 0 aliphatic carbocycles. The van der Waals surface area contributed by atoms with Gasteiger partial charge in [-0.25, -0.2) is 0 Å². The molecule has 0 fully saturated rings. The maximum absolute atomic E-state index is 8.30. The van der Waals surface area contributed by atoms with Crippen LogP contribution >= 0.6 is 0 Å². The van der Waals surface area contributed by atoms with Crippen LogP contribution in [0.25, 0.3) is 0 Å². The molecule has 0 amide bonds. The van der Waals surface area contributed by atoms with Gasteiger partial charge in [-0.2, -0.15) is 5.26 Å². The molecule has 0 aliphatic heterocycles. The van der Waals surface area contributed by atoms with E-state index in [1.165, 1.54) is 5.56 Å². The molecule has 1 aromatic rings. The predicted octanol–water partition coefficient (Wildman–Crippen LogP) is 4.26. The van der Waals surface area contributed by atoms with E-state index in [-0.39, 0.29) is 6.61 Å². The van der Waals surface area contributed by atoms with Crippen LogP contribution in [0.15, 0.2) is 18.2 Å². The highest BCUT2D eigenvalue weighted by atomic mass is 16.5. The summed E-state index contributed by atoms with van der Waals surface area (Å²) in [6.45, 7) is 12.1. The lowest BCUT2D eigenvalue weighted by atomic mass is 10.1. The zero-order valence-electron chi connectivity index (χ0n) is 11.3. The molecule has 0 bridgehead atoms. The SMILES string of the molecule is CC.CC.Cc1ccc(OCC#N)c(C)c1. The quantitative estimate of drug-likeness (QED) is 0.747. The fourth-order valence-corrected chi connectivity index (χ4v) is 1.07. The van der Waals surface area contributed by atoms with Gasteiger partial charge in [0, 0.05) is 0 Å². The molecular formula is C14H23NO. The summed E-state index contributed by atoms with van der Waals surface area (Å²) in [5.41, 5.74) is 2.28. The Morgan fingerprint density at radius 2 is 1.69 bits per heavy atom. The number of ether oxygens (including phenoxy) is 1. The third-order valence-corrected chi connectivity index (χ3v) is 1.62.